The van der Waals surface area contributed by atoms with Gasteiger partial charge in [0, 0.05) is 22.5 Å². The smallest absolute Gasteiger partial charge is 0.136 e. The molecule has 0 aliphatic rings. The molecule has 0 aliphatic heterocycles. The lowest BCUT2D eigenvalue weighted by Gasteiger charge is -2.14. The van der Waals surface area contributed by atoms with Crippen molar-refractivity contribution in [3.8, 4) is 22.4 Å². The van der Waals surface area contributed by atoms with E-state index in [4.69, 9.17) is 4.42 Å². The molecule has 0 amide bonds. The Balaban J connectivity index is 1.66. The van der Waals surface area contributed by atoms with Crippen LogP contribution in [0.3, 0.4) is 0 Å². The summed E-state index contributed by atoms with van der Waals surface area (Å²) in [6.07, 6.45) is 1.85. The summed E-state index contributed by atoms with van der Waals surface area (Å²) < 4.78 is 6.10. The van der Waals surface area contributed by atoms with Crippen molar-refractivity contribution in [3.63, 3.8) is 0 Å². The predicted molar refractivity (Wildman–Crippen MR) is 125 cm³/mol. The van der Waals surface area contributed by atoms with Crippen LogP contribution in [0.15, 0.2) is 102 Å². The van der Waals surface area contributed by atoms with Crippen LogP contribution in [0.2, 0.25) is 0 Å². The van der Waals surface area contributed by atoms with Crippen molar-refractivity contribution in [2.24, 2.45) is 0 Å². The van der Waals surface area contributed by atoms with Crippen molar-refractivity contribution in [1.29, 1.82) is 0 Å². The van der Waals surface area contributed by atoms with Crippen molar-refractivity contribution in [2.75, 3.05) is 0 Å². The predicted octanol–water partition coefficient (Wildman–Crippen LogP) is 7.78. The number of benzene rings is 4. The first-order valence-corrected chi connectivity index (χ1v) is 10.2. The fraction of sp³-hybridized carbons (Fsp3) is 0.0357. The molecule has 30 heavy (non-hydrogen) atoms. The van der Waals surface area contributed by atoms with Crippen LogP contribution in [0.4, 0.5) is 0 Å². The zero-order valence-electron chi connectivity index (χ0n) is 16.6. The van der Waals surface area contributed by atoms with Gasteiger partial charge in [0.25, 0.3) is 0 Å². The Hall–Kier alpha value is -3.91. The minimum Gasteiger partial charge on any atom is -0.456 e. The van der Waals surface area contributed by atoms with Crippen LogP contribution in [-0.2, 0) is 0 Å². The number of aromatic nitrogens is 1. The monoisotopic (exact) mass is 385 g/mol. The van der Waals surface area contributed by atoms with E-state index < -0.39 is 0 Å². The molecule has 0 atom stereocenters. The summed E-state index contributed by atoms with van der Waals surface area (Å²) in [7, 11) is 0. The van der Waals surface area contributed by atoms with Gasteiger partial charge in [0.05, 0.1) is 5.69 Å². The molecule has 142 valence electrons. The third kappa shape index (κ3) is 2.47. The van der Waals surface area contributed by atoms with Crippen LogP contribution in [-0.4, -0.2) is 4.98 Å². The van der Waals surface area contributed by atoms with Crippen molar-refractivity contribution in [1.82, 2.24) is 4.98 Å². The van der Waals surface area contributed by atoms with Crippen molar-refractivity contribution >= 4 is 32.7 Å². The molecule has 0 saturated carbocycles. The highest BCUT2D eigenvalue weighted by atomic mass is 16.3. The summed E-state index contributed by atoms with van der Waals surface area (Å²) in [6, 6.07) is 31.6. The summed E-state index contributed by atoms with van der Waals surface area (Å²) in [5, 5.41) is 4.80. The summed E-state index contributed by atoms with van der Waals surface area (Å²) >= 11 is 0. The minimum absolute atomic E-state index is 0.929. The van der Waals surface area contributed by atoms with E-state index in [1.807, 2.05) is 30.5 Å². The number of nitrogens with zero attached hydrogens (tertiary/aromatic N) is 1. The zero-order valence-corrected chi connectivity index (χ0v) is 16.6. The number of fused-ring (bicyclic) bond motifs is 5. The first kappa shape index (κ1) is 17.0. The van der Waals surface area contributed by atoms with E-state index in [1.165, 1.54) is 38.4 Å². The Labute approximate surface area is 174 Å². The molecule has 6 aromatic rings. The quantitative estimate of drug-likeness (QED) is 0.304. The second kappa shape index (κ2) is 6.57. The van der Waals surface area contributed by atoms with E-state index >= 15 is 0 Å². The van der Waals surface area contributed by atoms with E-state index in [9.17, 15) is 0 Å². The summed E-state index contributed by atoms with van der Waals surface area (Å²) in [5.41, 5.74) is 7.73. The molecule has 2 nitrogen and oxygen atoms in total. The van der Waals surface area contributed by atoms with E-state index in [0.717, 1.165) is 22.2 Å². The number of para-hydroxylation sites is 1. The third-order valence-corrected chi connectivity index (χ3v) is 5.96. The molecule has 0 N–H and O–H groups in total. The number of rotatable bonds is 2. The molecule has 2 heterocycles. The SMILES string of the molecule is Cc1c(-c2ccccn2)cccc1-c1cccc2c1ccc1oc3ccccc3c12. The van der Waals surface area contributed by atoms with Gasteiger partial charge >= 0.3 is 0 Å². The number of furan rings is 1. The van der Waals surface area contributed by atoms with Crippen LogP contribution < -0.4 is 0 Å². The van der Waals surface area contributed by atoms with Gasteiger partial charge in [-0.25, -0.2) is 0 Å². The van der Waals surface area contributed by atoms with E-state index in [1.54, 1.807) is 0 Å². The number of hydrogen-bond acceptors (Lipinski definition) is 2. The molecule has 4 aromatic carbocycles. The Kier molecular flexibility index (Phi) is 3.72. The second-order valence-electron chi connectivity index (χ2n) is 7.63. The molecule has 0 aliphatic carbocycles. The van der Waals surface area contributed by atoms with E-state index in [2.05, 4.69) is 78.6 Å². The molecular weight excluding hydrogens is 366 g/mol. The molecular formula is C28H19NO. The van der Waals surface area contributed by atoms with Crippen LogP contribution in [0, 0.1) is 6.92 Å². The molecule has 2 heteroatoms. The fourth-order valence-corrected chi connectivity index (χ4v) is 4.54. The zero-order chi connectivity index (χ0) is 20.1. The van der Waals surface area contributed by atoms with Crippen molar-refractivity contribution in [2.45, 2.75) is 6.92 Å². The van der Waals surface area contributed by atoms with Crippen LogP contribution >= 0.6 is 0 Å². The largest absolute Gasteiger partial charge is 0.456 e. The highest BCUT2D eigenvalue weighted by Crippen LogP contribution is 2.40. The Morgan fingerprint density at radius 3 is 2.23 bits per heavy atom. The summed E-state index contributed by atoms with van der Waals surface area (Å²) in [6.45, 7) is 2.18. The van der Waals surface area contributed by atoms with Gasteiger partial charge in [-0.1, -0.05) is 66.7 Å². The maximum atomic E-state index is 6.10. The van der Waals surface area contributed by atoms with Gasteiger partial charge in [0.15, 0.2) is 0 Å². The summed E-state index contributed by atoms with van der Waals surface area (Å²) in [5.74, 6) is 0. The molecule has 0 unspecified atom stereocenters. The highest BCUT2D eigenvalue weighted by Gasteiger charge is 2.15. The number of pyridine rings is 1. The minimum atomic E-state index is 0.929. The van der Waals surface area contributed by atoms with Gasteiger partial charge < -0.3 is 4.42 Å². The standard InChI is InChI=1S/C28H19NO/c1-18-19(9-6-10-20(18)25-13-4-5-17-29-25)21-11-7-12-23-22(21)15-16-27-28(23)24-8-2-3-14-26(24)30-27/h2-17H,1H3. The third-order valence-electron chi connectivity index (χ3n) is 5.96. The Morgan fingerprint density at radius 1 is 0.567 bits per heavy atom. The molecule has 0 spiro atoms. The van der Waals surface area contributed by atoms with Crippen molar-refractivity contribution in [3.05, 3.63) is 103 Å². The highest BCUT2D eigenvalue weighted by molar-refractivity contribution is 6.21. The average Bonchev–Trinajstić information content (AvgIpc) is 3.19. The maximum absolute atomic E-state index is 6.10. The van der Waals surface area contributed by atoms with Crippen LogP contribution in [0.25, 0.3) is 55.1 Å². The van der Waals surface area contributed by atoms with Gasteiger partial charge in [-0.15, -0.1) is 0 Å². The van der Waals surface area contributed by atoms with E-state index in [0.29, 0.717) is 0 Å². The first-order chi connectivity index (χ1) is 14.8. The molecule has 0 saturated heterocycles. The van der Waals surface area contributed by atoms with Crippen LogP contribution in [0.5, 0.6) is 0 Å². The van der Waals surface area contributed by atoms with Gasteiger partial charge in [-0.2, -0.15) is 0 Å². The lowest BCUT2D eigenvalue weighted by molar-refractivity contribution is 0.669. The van der Waals surface area contributed by atoms with Crippen LogP contribution in [0.1, 0.15) is 5.56 Å². The molecule has 0 radical (unpaired) electrons. The molecule has 0 bridgehead atoms. The molecule has 0 fully saturated rings. The second-order valence-corrected chi connectivity index (χ2v) is 7.63. The fourth-order valence-electron chi connectivity index (χ4n) is 4.54. The molecule has 6 rings (SSSR count). The Bertz CT molecular complexity index is 1540. The van der Waals surface area contributed by atoms with Gasteiger partial charge in [-0.05, 0) is 58.7 Å². The Morgan fingerprint density at radius 2 is 1.33 bits per heavy atom. The summed E-state index contributed by atoms with van der Waals surface area (Å²) in [4.78, 5) is 4.56. The topological polar surface area (TPSA) is 26.0 Å². The molecule has 2 aromatic heterocycles. The van der Waals surface area contributed by atoms with Gasteiger partial charge in [-0.3, -0.25) is 4.98 Å². The number of hydrogen-bond donors (Lipinski definition) is 0. The normalized spacial score (nSPS) is 11.5. The lowest BCUT2D eigenvalue weighted by atomic mass is 9.90. The first-order valence-electron chi connectivity index (χ1n) is 10.2. The maximum Gasteiger partial charge on any atom is 0.136 e. The van der Waals surface area contributed by atoms with Gasteiger partial charge in [0.1, 0.15) is 11.2 Å². The lowest BCUT2D eigenvalue weighted by Crippen LogP contribution is -1.91. The van der Waals surface area contributed by atoms with E-state index in [-0.39, 0.29) is 0 Å². The van der Waals surface area contributed by atoms with Gasteiger partial charge in [0.2, 0.25) is 0 Å². The van der Waals surface area contributed by atoms with Crippen molar-refractivity contribution < 1.29 is 4.42 Å². The average molecular weight is 385 g/mol.